The largest absolute Gasteiger partial charge is 0.493 e. The first-order valence-corrected chi connectivity index (χ1v) is 12.7. The summed E-state index contributed by atoms with van der Waals surface area (Å²) in [4.78, 5) is 10.8. The fourth-order valence-electron chi connectivity index (χ4n) is 4.92. The highest BCUT2D eigenvalue weighted by atomic mass is 16.5. The van der Waals surface area contributed by atoms with Crippen molar-refractivity contribution in [3.8, 4) is 11.5 Å². The van der Waals surface area contributed by atoms with Gasteiger partial charge >= 0.3 is 5.97 Å². The van der Waals surface area contributed by atoms with Gasteiger partial charge in [-0.25, -0.2) is 0 Å². The fourth-order valence-corrected chi connectivity index (χ4v) is 4.92. The van der Waals surface area contributed by atoms with E-state index in [4.69, 9.17) is 14.6 Å². The van der Waals surface area contributed by atoms with Gasteiger partial charge in [-0.2, -0.15) is 0 Å². The van der Waals surface area contributed by atoms with Gasteiger partial charge in [0.05, 0.1) is 6.61 Å². The monoisotopic (exact) mass is 446 g/mol. The minimum atomic E-state index is -0.777. The Morgan fingerprint density at radius 2 is 1.72 bits per heavy atom. The molecule has 0 fully saturated rings. The lowest BCUT2D eigenvalue weighted by atomic mass is 9.84. The molecule has 182 valence electrons. The van der Waals surface area contributed by atoms with Crippen LogP contribution in [0.5, 0.6) is 11.5 Å². The Hall–Kier alpha value is -1.71. The van der Waals surface area contributed by atoms with Crippen molar-refractivity contribution in [2.24, 2.45) is 11.8 Å². The van der Waals surface area contributed by atoms with Crippen molar-refractivity contribution in [1.82, 2.24) is 0 Å². The van der Waals surface area contributed by atoms with E-state index in [0.29, 0.717) is 13.0 Å². The molecule has 0 bridgehead atoms. The van der Waals surface area contributed by atoms with Crippen LogP contribution >= 0.6 is 0 Å². The lowest BCUT2D eigenvalue weighted by molar-refractivity contribution is -0.137. The molecule has 0 aromatic heterocycles. The van der Waals surface area contributed by atoms with Crippen LogP contribution in [0.2, 0.25) is 0 Å². The minimum absolute atomic E-state index is 0.0991. The highest BCUT2D eigenvalue weighted by Gasteiger charge is 2.34. The van der Waals surface area contributed by atoms with Crippen LogP contribution < -0.4 is 9.47 Å². The van der Waals surface area contributed by atoms with Crippen molar-refractivity contribution in [2.45, 2.75) is 118 Å². The second kappa shape index (κ2) is 12.0. The molecule has 2 rings (SSSR count). The molecule has 1 aliphatic heterocycles. The fraction of sp³-hybridized carbons (Fsp3) is 0.750. The Balaban J connectivity index is 1.98. The molecule has 1 aliphatic rings. The Morgan fingerprint density at radius 3 is 2.38 bits per heavy atom. The lowest BCUT2D eigenvalue weighted by Crippen LogP contribution is -2.37. The van der Waals surface area contributed by atoms with Crippen molar-refractivity contribution in [2.75, 3.05) is 6.61 Å². The predicted molar refractivity (Wildman–Crippen MR) is 132 cm³/mol. The van der Waals surface area contributed by atoms with E-state index in [-0.39, 0.29) is 12.0 Å². The molecule has 0 saturated carbocycles. The Morgan fingerprint density at radius 1 is 1.03 bits per heavy atom. The lowest BCUT2D eigenvalue weighted by Gasteiger charge is -2.38. The van der Waals surface area contributed by atoms with Crippen molar-refractivity contribution in [3.63, 3.8) is 0 Å². The maximum atomic E-state index is 10.8. The molecule has 0 radical (unpaired) electrons. The molecule has 1 heterocycles. The zero-order valence-electron chi connectivity index (χ0n) is 21.6. The molecular formula is C28H46O4. The van der Waals surface area contributed by atoms with Gasteiger partial charge in [-0.15, -0.1) is 0 Å². The first-order valence-electron chi connectivity index (χ1n) is 12.7. The van der Waals surface area contributed by atoms with Gasteiger partial charge < -0.3 is 14.6 Å². The van der Waals surface area contributed by atoms with E-state index < -0.39 is 5.97 Å². The highest BCUT2D eigenvalue weighted by Crippen LogP contribution is 2.45. The van der Waals surface area contributed by atoms with Gasteiger partial charge in [0.25, 0.3) is 0 Å². The van der Waals surface area contributed by atoms with E-state index in [9.17, 15) is 4.79 Å². The number of hydrogen-bond acceptors (Lipinski definition) is 3. The van der Waals surface area contributed by atoms with Crippen molar-refractivity contribution < 1.29 is 19.4 Å². The molecule has 1 N–H and O–H groups in total. The van der Waals surface area contributed by atoms with Crippen LogP contribution in [0.3, 0.4) is 0 Å². The first kappa shape index (κ1) is 26.5. The summed E-state index contributed by atoms with van der Waals surface area (Å²) in [7, 11) is 0. The third-order valence-electron chi connectivity index (χ3n) is 7.23. The van der Waals surface area contributed by atoms with Crippen molar-refractivity contribution >= 4 is 5.97 Å². The first-order chi connectivity index (χ1) is 15.0. The third kappa shape index (κ3) is 7.42. The second-order valence-corrected chi connectivity index (χ2v) is 10.7. The molecular weight excluding hydrogens is 400 g/mol. The molecule has 0 saturated heterocycles. The quantitative estimate of drug-likeness (QED) is 0.317. The summed E-state index contributed by atoms with van der Waals surface area (Å²) in [5, 5.41) is 8.85. The summed E-state index contributed by atoms with van der Waals surface area (Å²) >= 11 is 0. The van der Waals surface area contributed by atoms with Crippen LogP contribution in [-0.4, -0.2) is 23.3 Å². The zero-order chi connectivity index (χ0) is 23.9. The predicted octanol–water partition coefficient (Wildman–Crippen LogP) is 7.57. The van der Waals surface area contributed by atoms with Gasteiger partial charge in [0.15, 0.2) is 0 Å². The van der Waals surface area contributed by atoms with Crippen LogP contribution in [0.25, 0.3) is 0 Å². The number of hydrogen-bond donors (Lipinski definition) is 1. The average molecular weight is 447 g/mol. The van der Waals surface area contributed by atoms with Gasteiger partial charge in [0.1, 0.15) is 17.1 Å². The van der Waals surface area contributed by atoms with Crippen molar-refractivity contribution in [1.29, 1.82) is 0 Å². The number of carbonyl (C=O) groups is 1. The molecule has 32 heavy (non-hydrogen) atoms. The number of rotatable bonds is 13. The van der Waals surface area contributed by atoms with Gasteiger partial charge in [-0.05, 0) is 88.3 Å². The Kier molecular flexibility index (Phi) is 9.91. The molecule has 1 aromatic rings. The van der Waals surface area contributed by atoms with Gasteiger partial charge in [-0.3, -0.25) is 4.79 Å². The van der Waals surface area contributed by atoms with E-state index in [2.05, 4.69) is 48.5 Å². The number of benzene rings is 1. The maximum Gasteiger partial charge on any atom is 0.303 e. The van der Waals surface area contributed by atoms with Gasteiger partial charge in [-0.1, -0.05) is 46.5 Å². The Bertz CT molecular complexity index is 767. The molecule has 0 spiro atoms. The molecule has 4 nitrogen and oxygen atoms in total. The Labute approximate surface area is 196 Å². The summed E-state index contributed by atoms with van der Waals surface area (Å²) in [6.45, 7) is 16.0. The van der Waals surface area contributed by atoms with Crippen LogP contribution in [0.1, 0.15) is 108 Å². The van der Waals surface area contributed by atoms with Crippen molar-refractivity contribution in [3.05, 3.63) is 22.3 Å². The molecule has 2 atom stereocenters. The van der Waals surface area contributed by atoms with Crippen LogP contribution in [0.4, 0.5) is 0 Å². The number of aliphatic carboxylic acids is 1. The number of ether oxygens (including phenoxy) is 2. The summed E-state index contributed by atoms with van der Waals surface area (Å²) in [6, 6.07) is 0. The summed E-state index contributed by atoms with van der Waals surface area (Å²) < 4.78 is 12.7. The maximum absolute atomic E-state index is 10.8. The number of carboxylic acid groups (broad SMARTS) is 1. The normalized spacial score (nSPS) is 18.9. The van der Waals surface area contributed by atoms with E-state index in [0.717, 1.165) is 59.3 Å². The molecule has 0 aliphatic carbocycles. The molecule has 1 unspecified atom stereocenters. The molecule has 4 heteroatoms. The SMILES string of the molecule is Cc1c(C)c2c(c(C)c1OCCCC(=O)O)CC[C@](C)(CCCC(C)CCCC(C)C)O2. The average Bonchev–Trinajstić information content (AvgIpc) is 2.71. The van der Waals surface area contributed by atoms with E-state index in [1.807, 2.05) is 0 Å². The number of fused-ring (bicyclic) bond motifs is 1. The summed E-state index contributed by atoms with van der Waals surface area (Å²) in [5.41, 5.74) is 4.59. The van der Waals surface area contributed by atoms with E-state index >= 15 is 0 Å². The summed E-state index contributed by atoms with van der Waals surface area (Å²) in [5.74, 6) is 2.79. The summed E-state index contributed by atoms with van der Waals surface area (Å²) in [6.07, 6.45) is 10.3. The highest BCUT2D eigenvalue weighted by molar-refractivity contribution is 5.66. The van der Waals surface area contributed by atoms with Gasteiger partial charge in [0, 0.05) is 12.0 Å². The van der Waals surface area contributed by atoms with Crippen LogP contribution in [-0.2, 0) is 11.2 Å². The third-order valence-corrected chi connectivity index (χ3v) is 7.23. The zero-order valence-corrected chi connectivity index (χ0v) is 21.6. The smallest absolute Gasteiger partial charge is 0.303 e. The van der Waals surface area contributed by atoms with Gasteiger partial charge in [0.2, 0.25) is 0 Å². The van der Waals surface area contributed by atoms with E-state index in [1.165, 1.54) is 37.7 Å². The number of carboxylic acids is 1. The van der Waals surface area contributed by atoms with E-state index in [1.54, 1.807) is 0 Å². The topological polar surface area (TPSA) is 55.8 Å². The minimum Gasteiger partial charge on any atom is -0.493 e. The van der Waals surface area contributed by atoms with Crippen LogP contribution in [0, 0.1) is 32.6 Å². The standard InChI is InChI=1S/C28H46O4/c1-19(2)11-8-12-20(3)13-9-16-28(7)17-15-24-23(6)26(31-18-10-14-25(29)30)21(4)22(5)27(24)32-28/h19-20H,8-18H2,1-7H3,(H,29,30)/t20?,28-/m0/s1. The second-order valence-electron chi connectivity index (χ2n) is 10.7. The molecule has 0 amide bonds. The molecule has 1 aromatic carbocycles. The van der Waals surface area contributed by atoms with Crippen LogP contribution in [0.15, 0.2) is 0 Å².